The molecule has 0 radical (unpaired) electrons. The van der Waals surface area contributed by atoms with E-state index in [0.717, 1.165) is 23.1 Å². The molecule has 6 nitrogen and oxygen atoms in total. The molecule has 1 heterocycles. The highest BCUT2D eigenvalue weighted by atomic mass is 19.4. The van der Waals surface area contributed by atoms with E-state index in [0.29, 0.717) is 17.1 Å². The average Bonchev–Trinajstić information content (AvgIpc) is 3.13. The number of hydrogen-bond acceptors (Lipinski definition) is 5. The molecule has 1 aliphatic rings. The number of amides is 1. The van der Waals surface area contributed by atoms with Crippen LogP contribution in [-0.2, 0) is 15.8 Å². The van der Waals surface area contributed by atoms with Gasteiger partial charge in [-0.25, -0.2) is 0 Å². The topological polar surface area (TPSA) is 76.1 Å². The molecule has 3 aromatic rings. The van der Waals surface area contributed by atoms with Gasteiger partial charge in [-0.15, -0.1) is 0 Å². The number of carbonyl (C=O) groups is 2. The molecule has 0 saturated carbocycles. The first-order valence-electron chi connectivity index (χ1n) is 11.4. The Kier molecular flexibility index (Phi) is 6.98. The zero-order valence-corrected chi connectivity index (χ0v) is 20.2. The van der Waals surface area contributed by atoms with Crippen LogP contribution in [0, 0.1) is 0 Å². The number of carbonyl (C=O) groups excluding carboxylic acids is 2. The summed E-state index contributed by atoms with van der Waals surface area (Å²) in [6.45, 7) is 3.72. The Balaban J connectivity index is 1.90. The lowest BCUT2D eigenvalue weighted by atomic mass is 9.95. The quantitative estimate of drug-likeness (QED) is 0.245. The Morgan fingerprint density at radius 1 is 0.946 bits per heavy atom. The van der Waals surface area contributed by atoms with Gasteiger partial charge in [0.05, 0.1) is 30.4 Å². The Morgan fingerprint density at radius 3 is 2.24 bits per heavy atom. The number of benzene rings is 3. The van der Waals surface area contributed by atoms with Crippen LogP contribution in [0.1, 0.15) is 36.6 Å². The monoisotopic (exact) mass is 511 g/mol. The van der Waals surface area contributed by atoms with Gasteiger partial charge in [0, 0.05) is 11.3 Å². The molecule has 1 unspecified atom stereocenters. The minimum atomic E-state index is -4.66. The Morgan fingerprint density at radius 2 is 1.62 bits per heavy atom. The number of aliphatic hydroxyl groups excluding tert-OH is 1. The molecule has 3 aromatic carbocycles. The average molecular weight is 511 g/mol. The van der Waals surface area contributed by atoms with E-state index >= 15 is 0 Å². The molecule has 0 spiro atoms. The summed E-state index contributed by atoms with van der Waals surface area (Å²) >= 11 is 0. The number of alkyl halides is 3. The van der Waals surface area contributed by atoms with Crippen molar-refractivity contribution in [3.63, 3.8) is 0 Å². The normalized spacial score (nSPS) is 17.4. The molecule has 0 aliphatic carbocycles. The molecule has 1 amide bonds. The number of methoxy groups -OCH3 is 1. The van der Waals surface area contributed by atoms with E-state index < -0.39 is 35.2 Å². The maximum Gasteiger partial charge on any atom is 0.416 e. The van der Waals surface area contributed by atoms with Crippen LogP contribution in [0.25, 0.3) is 5.76 Å². The minimum absolute atomic E-state index is 0.0784. The molecule has 1 fully saturated rings. The third-order valence-electron chi connectivity index (χ3n) is 5.81. The Hall–Kier alpha value is -4.27. The maximum absolute atomic E-state index is 13.4. The number of aliphatic hydroxyl groups is 1. The summed E-state index contributed by atoms with van der Waals surface area (Å²) in [6.07, 6.45) is -4.74. The van der Waals surface area contributed by atoms with E-state index in [9.17, 15) is 27.9 Å². The first-order chi connectivity index (χ1) is 17.5. The number of ether oxygens (including phenoxy) is 2. The summed E-state index contributed by atoms with van der Waals surface area (Å²) in [7, 11) is 1.43. The standard InChI is InChI=1S/C28H24F3NO5/c1-16(2)37-21-12-10-17(11-13-21)25(33)23-24(18-6-4-9-22(14-18)36-3)32(27(35)26(23)34)20-8-5-7-19(15-20)28(29,30)31/h4-16,24,33H,1-3H3/b25-23+. The van der Waals surface area contributed by atoms with Gasteiger partial charge in [-0.2, -0.15) is 13.2 Å². The lowest BCUT2D eigenvalue weighted by Crippen LogP contribution is -2.29. The number of nitrogens with zero attached hydrogens (tertiary/aromatic N) is 1. The van der Waals surface area contributed by atoms with E-state index in [1.165, 1.54) is 25.3 Å². The highest BCUT2D eigenvalue weighted by Gasteiger charge is 2.47. The second-order valence-corrected chi connectivity index (χ2v) is 8.68. The smallest absolute Gasteiger partial charge is 0.416 e. The van der Waals surface area contributed by atoms with Gasteiger partial charge in [0.1, 0.15) is 17.3 Å². The van der Waals surface area contributed by atoms with Crippen molar-refractivity contribution >= 4 is 23.1 Å². The molecule has 1 saturated heterocycles. The number of rotatable bonds is 6. The van der Waals surface area contributed by atoms with E-state index in [1.807, 2.05) is 13.8 Å². The van der Waals surface area contributed by atoms with Gasteiger partial charge >= 0.3 is 6.18 Å². The molecule has 192 valence electrons. The fraction of sp³-hybridized carbons (Fsp3) is 0.214. The zero-order valence-electron chi connectivity index (χ0n) is 20.2. The highest BCUT2D eigenvalue weighted by molar-refractivity contribution is 6.51. The van der Waals surface area contributed by atoms with Crippen LogP contribution in [0.3, 0.4) is 0 Å². The third-order valence-corrected chi connectivity index (χ3v) is 5.81. The van der Waals surface area contributed by atoms with Crippen LogP contribution < -0.4 is 14.4 Å². The predicted molar refractivity (Wildman–Crippen MR) is 131 cm³/mol. The van der Waals surface area contributed by atoms with E-state index in [2.05, 4.69) is 0 Å². The van der Waals surface area contributed by atoms with Crippen molar-refractivity contribution in [2.75, 3.05) is 12.0 Å². The van der Waals surface area contributed by atoms with Crippen molar-refractivity contribution in [3.05, 3.63) is 95.1 Å². The van der Waals surface area contributed by atoms with Gasteiger partial charge in [-0.05, 0) is 74.0 Å². The number of hydrogen-bond donors (Lipinski definition) is 1. The Labute approximate surface area is 211 Å². The molecule has 0 aromatic heterocycles. The number of anilines is 1. The molecule has 37 heavy (non-hydrogen) atoms. The number of halogens is 3. The van der Waals surface area contributed by atoms with Gasteiger partial charge in [0.2, 0.25) is 0 Å². The van der Waals surface area contributed by atoms with Crippen LogP contribution >= 0.6 is 0 Å². The van der Waals surface area contributed by atoms with Gasteiger partial charge < -0.3 is 14.6 Å². The van der Waals surface area contributed by atoms with Crippen molar-refractivity contribution in [2.24, 2.45) is 0 Å². The second kappa shape index (κ2) is 10.0. The molecule has 1 atom stereocenters. The summed E-state index contributed by atoms with van der Waals surface area (Å²) in [4.78, 5) is 27.4. The van der Waals surface area contributed by atoms with E-state index in [1.54, 1.807) is 36.4 Å². The summed E-state index contributed by atoms with van der Waals surface area (Å²) in [5.74, 6) is -1.60. The van der Waals surface area contributed by atoms with E-state index in [-0.39, 0.29) is 22.9 Å². The molecular weight excluding hydrogens is 487 g/mol. The van der Waals surface area contributed by atoms with Gasteiger partial charge in [0.15, 0.2) is 0 Å². The molecule has 4 rings (SSSR count). The van der Waals surface area contributed by atoms with Crippen LogP contribution in [0.2, 0.25) is 0 Å². The van der Waals surface area contributed by atoms with Gasteiger partial charge in [-0.1, -0.05) is 18.2 Å². The van der Waals surface area contributed by atoms with Crippen molar-refractivity contribution < 1.29 is 37.3 Å². The molecule has 1 aliphatic heterocycles. The summed E-state index contributed by atoms with van der Waals surface area (Å²) in [5.41, 5.74) is -0.752. The first-order valence-corrected chi connectivity index (χ1v) is 11.4. The summed E-state index contributed by atoms with van der Waals surface area (Å²) < 4.78 is 51.2. The van der Waals surface area contributed by atoms with Gasteiger partial charge in [-0.3, -0.25) is 14.5 Å². The predicted octanol–water partition coefficient (Wildman–Crippen LogP) is 6.13. The van der Waals surface area contributed by atoms with Crippen LogP contribution in [-0.4, -0.2) is 30.0 Å². The highest BCUT2D eigenvalue weighted by Crippen LogP contribution is 2.44. The van der Waals surface area contributed by atoms with E-state index in [4.69, 9.17) is 9.47 Å². The largest absolute Gasteiger partial charge is 0.507 e. The maximum atomic E-state index is 13.4. The van der Waals surface area contributed by atoms with Gasteiger partial charge in [0.25, 0.3) is 11.7 Å². The van der Waals surface area contributed by atoms with Crippen LogP contribution in [0.5, 0.6) is 11.5 Å². The van der Waals surface area contributed by atoms with Crippen LogP contribution in [0.15, 0.2) is 78.4 Å². The summed E-state index contributed by atoms with van der Waals surface area (Å²) in [5, 5.41) is 11.2. The molecular formula is C28H24F3NO5. The number of Topliss-reactive ketones (excluding diaryl/α,β-unsaturated/α-hetero) is 1. The number of ketones is 1. The lowest BCUT2D eigenvalue weighted by molar-refractivity contribution is -0.137. The van der Waals surface area contributed by atoms with Crippen molar-refractivity contribution in [3.8, 4) is 11.5 Å². The fourth-order valence-electron chi connectivity index (χ4n) is 4.18. The van der Waals surface area contributed by atoms with Crippen molar-refractivity contribution in [1.29, 1.82) is 0 Å². The van der Waals surface area contributed by atoms with Crippen LogP contribution in [0.4, 0.5) is 18.9 Å². The van der Waals surface area contributed by atoms with Crippen molar-refractivity contribution in [2.45, 2.75) is 32.2 Å². The lowest BCUT2D eigenvalue weighted by Gasteiger charge is -2.26. The minimum Gasteiger partial charge on any atom is -0.507 e. The Bertz CT molecular complexity index is 1360. The third kappa shape index (κ3) is 5.16. The van der Waals surface area contributed by atoms with Crippen molar-refractivity contribution in [1.82, 2.24) is 0 Å². The molecule has 9 heteroatoms. The summed E-state index contributed by atoms with van der Waals surface area (Å²) in [6, 6.07) is 15.7. The fourth-order valence-corrected chi connectivity index (χ4v) is 4.18. The molecule has 1 N–H and O–H groups in total. The second-order valence-electron chi connectivity index (χ2n) is 8.68. The molecule has 0 bridgehead atoms. The zero-order chi connectivity index (χ0) is 26.9. The first kappa shape index (κ1) is 25.8. The SMILES string of the molecule is COc1cccc(C2/C(=C(\O)c3ccc(OC(C)C)cc3)C(=O)C(=O)N2c2cccc(C(F)(F)F)c2)c1.